The summed E-state index contributed by atoms with van der Waals surface area (Å²) in [7, 11) is 0. The smallest absolute Gasteiger partial charge is 0.422 e. The molecule has 0 aliphatic heterocycles. The fraction of sp³-hybridized carbons (Fsp3) is 0.500. The molecule has 142 valence electrons. The number of anilines is 1. The van der Waals surface area contributed by atoms with Crippen molar-refractivity contribution in [3.8, 4) is 11.5 Å². The topological polar surface area (TPSA) is 42.5 Å². The van der Waals surface area contributed by atoms with E-state index in [4.69, 9.17) is 12.2 Å². The molecule has 4 nitrogen and oxygen atoms in total. The lowest BCUT2D eigenvalue weighted by molar-refractivity contribution is -0.153. The zero-order valence-electron chi connectivity index (χ0n) is 13.2. The largest absolute Gasteiger partial charge is 0.484 e. The van der Waals surface area contributed by atoms with Gasteiger partial charge in [-0.2, -0.15) is 26.3 Å². The summed E-state index contributed by atoms with van der Waals surface area (Å²) in [5.41, 5.74) is 0.120. The van der Waals surface area contributed by atoms with Gasteiger partial charge in [0.1, 0.15) is 11.5 Å². The van der Waals surface area contributed by atoms with Crippen LogP contribution in [0, 0.1) is 0 Å². The molecule has 1 aromatic carbocycles. The van der Waals surface area contributed by atoms with Crippen LogP contribution in [0.15, 0.2) is 18.2 Å². The van der Waals surface area contributed by atoms with Crippen molar-refractivity contribution in [1.82, 2.24) is 5.32 Å². The van der Waals surface area contributed by atoms with Gasteiger partial charge in [-0.15, -0.1) is 0 Å². The predicted molar refractivity (Wildman–Crippen MR) is 84.0 cm³/mol. The standard InChI is InChI=1S/C14H16F6N2O2S/c1-8(2)21-12(25)22-9-3-10(23-6-13(15,16)17)5-11(4-9)24-7-14(18,19)20/h3-5,8H,6-7H2,1-2H3,(H2,21,22,25). The number of rotatable bonds is 6. The van der Waals surface area contributed by atoms with E-state index in [0.717, 1.165) is 6.07 Å². The van der Waals surface area contributed by atoms with Crippen molar-refractivity contribution in [3.63, 3.8) is 0 Å². The van der Waals surface area contributed by atoms with E-state index in [1.54, 1.807) is 13.8 Å². The van der Waals surface area contributed by atoms with Crippen molar-refractivity contribution in [2.45, 2.75) is 32.2 Å². The zero-order chi connectivity index (χ0) is 19.3. The van der Waals surface area contributed by atoms with Crippen molar-refractivity contribution < 1.29 is 35.8 Å². The Bertz CT molecular complexity index is 553. The van der Waals surface area contributed by atoms with Gasteiger partial charge in [-0.25, -0.2) is 0 Å². The van der Waals surface area contributed by atoms with Crippen molar-refractivity contribution in [1.29, 1.82) is 0 Å². The van der Waals surface area contributed by atoms with Gasteiger partial charge in [-0.1, -0.05) is 0 Å². The number of ether oxygens (including phenoxy) is 2. The van der Waals surface area contributed by atoms with Crippen molar-refractivity contribution >= 4 is 23.0 Å². The van der Waals surface area contributed by atoms with E-state index in [0.29, 0.717) is 0 Å². The third-order valence-corrected chi connectivity index (χ3v) is 2.58. The van der Waals surface area contributed by atoms with Crippen LogP contribution in [0.3, 0.4) is 0 Å². The highest BCUT2D eigenvalue weighted by atomic mass is 32.1. The van der Waals surface area contributed by atoms with Gasteiger partial charge in [0.25, 0.3) is 0 Å². The maximum atomic E-state index is 12.2. The number of thiocarbonyl (C=S) groups is 1. The van der Waals surface area contributed by atoms with Gasteiger partial charge >= 0.3 is 12.4 Å². The summed E-state index contributed by atoms with van der Waals surface area (Å²) < 4.78 is 82.6. The van der Waals surface area contributed by atoms with E-state index < -0.39 is 25.6 Å². The van der Waals surface area contributed by atoms with Crippen LogP contribution >= 0.6 is 12.2 Å². The number of alkyl halides is 6. The van der Waals surface area contributed by atoms with E-state index in [-0.39, 0.29) is 28.3 Å². The SMILES string of the molecule is CC(C)NC(=S)Nc1cc(OCC(F)(F)F)cc(OCC(F)(F)F)c1. The van der Waals surface area contributed by atoms with Crippen LogP contribution < -0.4 is 20.1 Å². The quantitative estimate of drug-likeness (QED) is 0.561. The van der Waals surface area contributed by atoms with E-state index in [1.807, 2.05) is 0 Å². The third-order valence-electron chi connectivity index (χ3n) is 2.36. The van der Waals surface area contributed by atoms with Crippen molar-refractivity contribution in [3.05, 3.63) is 18.2 Å². The molecule has 0 saturated heterocycles. The van der Waals surface area contributed by atoms with Gasteiger partial charge in [0, 0.05) is 29.9 Å². The lowest BCUT2D eigenvalue weighted by Crippen LogP contribution is -2.33. The van der Waals surface area contributed by atoms with Crippen LogP contribution in [0.5, 0.6) is 11.5 Å². The first-order valence-electron chi connectivity index (χ1n) is 6.96. The molecule has 0 radical (unpaired) electrons. The second-order valence-electron chi connectivity index (χ2n) is 5.25. The molecule has 0 heterocycles. The van der Waals surface area contributed by atoms with E-state index in [1.165, 1.54) is 12.1 Å². The minimum absolute atomic E-state index is 0.0226. The molecular formula is C14H16F6N2O2S. The number of halogens is 6. The highest BCUT2D eigenvalue weighted by Gasteiger charge is 2.30. The second kappa shape index (κ2) is 8.45. The van der Waals surface area contributed by atoms with Gasteiger partial charge in [0.05, 0.1) is 0 Å². The number of nitrogens with one attached hydrogen (secondary N) is 2. The highest BCUT2D eigenvalue weighted by Crippen LogP contribution is 2.29. The van der Waals surface area contributed by atoms with Crippen LogP contribution in [0.1, 0.15) is 13.8 Å². The van der Waals surface area contributed by atoms with Crippen molar-refractivity contribution in [2.75, 3.05) is 18.5 Å². The minimum atomic E-state index is -4.59. The Balaban J connectivity index is 2.94. The van der Waals surface area contributed by atoms with E-state index in [2.05, 4.69) is 20.1 Å². The maximum absolute atomic E-state index is 12.2. The molecule has 2 N–H and O–H groups in total. The average molecular weight is 390 g/mol. The summed E-state index contributed by atoms with van der Waals surface area (Å²) in [5.74, 6) is -0.626. The number of hydrogen-bond acceptors (Lipinski definition) is 3. The summed E-state index contributed by atoms with van der Waals surface area (Å²) >= 11 is 4.98. The maximum Gasteiger partial charge on any atom is 0.422 e. The fourth-order valence-corrected chi connectivity index (χ4v) is 1.92. The summed E-state index contributed by atoms with van der Waals surface area (Å²) in [6, 6.07) is 3.24. The predicted octanol–water partition coefficient (Wildman–Crippen LogP) is 4.26. The molecule has 0 saturated carbocycles. The van der Waals surface area contributed by atoms with Gasteiger partial charge < -0.3 is 20.1 Å². The fourth-order valence-electron chi connectivity index (χ4n) is 1.57. The Morgan fingerprint density at radius 2 is 1.40 bits per heavy atom. The monoisotopic (exact) mass is 390 g/mol. The number of benzene rings is 1. The lowest BCUT2D eigenvalue weighted by Gasteiger charge is -2.17. The van der Waals surface area contributed by atoms with Gasteiger partial charge in [0.15, 0.2) is 18.3 Å². The summed E-state index contributed by atoms with van der Waals surface area (Å²) in [5, 5.41) is 5.61. The summed E-state index contributed by atoms with van der Waals surface area (Å²) in [4.78, 5) is 0. The molecule has 0 amide bonds. The van der Waals surface area contributed by atoms with E-state index >= 15 is 0 Å². The summed E-state index contributed by atoms with van der Waals surface area (Å²) in [6.45, 7) is 0.414. The third kappa shape index (κ3) is 9.85. The molecule has 0 aromatic heterocycles. The lowest BCUT2D eigenvalue weighted by atomic mass is 10.2. The Hall–Kier alpha value is -1.91. The van der Waals surface area contributed by atoms with Crippen molar-refractivity contribution in [2.24, 2.45) is 0 Å². The molecule has 0 unspecified atom stereocenters. The molecular weight excluding hydrogens is 374 g/mol. The number of hydrogen-bond donors (Lipinski definition) is 2. The first kappa shape index (κ1) is 21.1. The van der Waals surface area contributed by atoms with Crippen LogP contribution in [0.25, 0.3) is 0 Å². The normalized spacial score (nSPS) is 12.0. The van der Waals surface area contributed by atoms with Gasteiger partial charge in [-0.05, 0) is 26.1 Å². The first-order valence-corrected chi connectivity index (χ1v) is 7.36. The van der Waals surface area contributed by atoms with Crippen LogP contribution in [-0.4, -0.2) is 36.7 Å². The Kier molecular flexibility index (Phi) is 7.15. The average Bonchev–Trinajstić information content (AvgIpc) is 2.40. The highest BCUT2D eigenvalue weighted by molar-refractivity contribution is 7.80. The summed E-state index contributed by atoms with van der Waals surface area (Å²) in [6.07, 6.45) is -9.18. The van der Waals surface area contributed by atoms with Gasteiger partial charge in [0.2, 0.25) is 0 Å². The van der Waals surface area contributed by atoms with Crippen LogP contribution in [0.4, 0.5) is 32.0 Å². The molecule has 0 atom stereocenters. The minimum Gasteiger partial charge on any atom is -0.484 e. The molecule has 0 bridgehead atoms. The van der Waals surface area contributed by atoms with Gasteiger partial charge in [-0.3, -0.25) is 0 Å². The molecule has 1 rings (SSSR count). The molecule has 0 spiro atoms. The molecule has 0 fully saturated rings. The molecule has 11 heteroatoms. The molecule has 0 aliphatic carbocycles. The van der Waals surface area contributed by atoms with E-state index in [9.17, 15) is 26.3 Å². The Labute approximate surface area is 145 Å². The molecule has 25 heavy (non-hydrogen) atoms. The van der Waals surface area contributed by atoms with Crippen LogP contribution in [-0.2, 0) is 0 Å². The molecule has 1 aromatic rings. The first-order chi connectivity index (χ1) is 11.3. The Morgan fingerprint density at radius 1 is 0.960 bits per heavy atom. The zero-order valence-corrected chi connectivity index (χ0v) is 14.0. The van der Waals surface area contributed by atoms with Crippen LogP contribution in [0.2, 0.25) is 0 Å². The molecule has 0 aliphatic rings. The second-order valence-corrected chi connectivity index (χ2v) is 5.66. The Morgan fingerprint density at radius 3 is 1.76 bits per heavy atom.